The molecule has 1 heterocycles. The Bertz CT molecular complexity index is 921. The number of hydrogen-bond acceptors (Lipinski definition) is 3. The molecule has 2 aromatic carbocycles. The van der Waals surface area contributed by atoms with Crippen LogP contribution in [0.3, 0.4) is 0 Å². The number of rotatable bonds is 4. The molecule has 0 atom stereocenters. The Hall–Kier alpha value is -2.54. The van der Waals surface area contributed by atoms with Crippen molar-refractivity contribution in [3.63, 3.8) is 0 Å². The molecule has 0 aliphatic carbocycles. The topological polar surface area (TPSA) is 59.8 Å². The van der Waals surface area contributed by atoms with Crippen molar-refractivity contribution < 1.29 is 9.18 Å². The predicted octanol–water partition coefficient (Wildman–Crippen LogP) is 3.72. The minimum absolute atomic E-state index is 0.220. The largest absolute Gasteiger partial charge is 0.347 e. The lowest BCUT2D eigenvalue weighted by Crippen LogP contribution is -2.24. The van der Waals surface area contributed by atoms with Crippen LogP contribution in [0.15, 0.2) is 46.9 Å². The number of carbonyl (C=O) groups excluding carboxylic acids is 1. The summed E-state index contributed by atoms with van der Waals surface area (Å²) in [4.78, 5) is 12.4. The normalized spacial score (nSPS) is 10.7. The minimum atomic E-state index is -0.325. The van der Waals surface area contributed by atoms with Gasteiger partial charge in [0.25, 0.3) is 5.91 Å². The highest BCUT2D eigenvalue weighted by Gasteiger charge is 2.17. The van der Waals surface area contributed by atoms with Gasteiger partial charge in [0.15, 0.2) is 5.69 Å². The summed E-state index contributed by atoms with van der Waals surface area (Å²) in [5, 5.41) is 10.7. The summed E-state index contributed by atoms with van der Waals surface area (Å²) in [7, 11) is 0. The lowest BCUT2D eigenvalue weighted by Gasteiger charge is -2.06. The zero-order chi connectivity index (χ0) is 18.0. The van der Waals surface area contributed by atoms with Crippen molar-refractivity contribution in [2.24, 2.45) is 0 Å². The Morgan fingerprint density at radius 3 is 2.60 bits per heavy atom. The summed E-state index contributed by atoms with van der Waals surface area (Å²) in [6.07, 6.45) is 0. The number of aromatic nitrogens is 3. The zero-order valence-corrected chi connectivity index (χ0v) is 15.3. The minimum Gasteiger partial charge on any atom is -0.347 e. The van der Waals surface area contributed by atoms with Crippen LogP contribution >= 0.6 is 15.9 Å². The van der Waals surface area contributed by atoms with Crippen LogP contribution in [-0.4, -0.2) is 20.9 Å². The van der Waals surface area contributed by atoms with E-state index in [0.717, 1.165) is 10.0 Å². The molecular weight excluding hydrogens is 387 g/mol. The van der Waals surface area contributed by atoms with E-state index in [9.17, 15) is 9.18 Å². The Balaban J connectivity index is 1.76. The van der Waals surface area contributed by atoms with E-state index in [4.69, 9.17) is 0 Å². The van der Waals surface area contributed by atoms with Gasteiger partial charge in [0.2, 0.25) is 0 Å². The first-order valence-electron chi connectivity index (χ1n) is 7.67. The Morgan fingerprint density at radius 1 is 1.20 bits per heavy atom. The number of carbonyl (C=O) groups is 1. The van der Waals surface area contributed by atoms with E-state index in [1.807, 2.05) is 24.3 Å². The Morgan fingerprint density at radius 2 is 1.92 bits per heavy atom. The van der Waals surface area contributed by atoms with Gasteiger partial charge in [-0.3, -0.25) is 4.79 Å². The first kappa shape index (κ1) is 17.3. The Labute approximate surface area is 153 Å². The molecule has 25 heavy (non-hydrogen) atoms. The van der Waals surface area contributed by atoms with Crippen LogP contribution in [0, 0.1) is 19.7 Å². The van der Waals surface area contributed by atoms with Crippen LogP contribution in [0.5, 0.6) is 0 Å². The molecule has 0 saturated heterocycles. The van der Waals surface area contributed by atoms with Gasteiger partial charge in [0, 0.05) is 11.0 Å². The molecule has 3 aromatic rings. The number of nitrogens with zero attached hydrogens (tertiary/aromatic N) is 3. The van der Waals surface area contributed by atoms with Gasteiger partial charge in [-0.2, -0.15) is 0 Å². The van der Waals surface area contributed by atoms with Gasteiger partial charge in [0.05, 0.1) is 11.4 Å². The first-order chi connectivity index (χ1) is 12.0. The van der Waals surface area contributed by atoms with E-state index in [1.54, 1.807) is 26.0 Å². The second kappa shape index (κ2) is 7.14. The number of hydrogen-bond donors (Lipinski definition) is 1. The van der Waals surface area contributed by atoms with E-state index in [2.05, 4.69) is 31.6 Å². The quantitative estimate of drug-likeness (QED) is 0.723. The van der Waals surface area contributed by atoms with Crippen molar-refractivity contribution in [3.8, 4) is 5.69 Å². The molecule has 0 aliphatic rings. The SMILES string of the molecule is Cc1ccc(-n2nnc(C(=O)NCc3ccc(Br)cc3)c2C)cc1F. The molecule has 1 N–H and O–H groups in total. The highest BCUT2D eigenvalue weighted by Crippen LogP contribution is 2.16. The van der Waals surface area contributed by atoms with E-state index in [-0.39, 0.29) is 17.4 Å². The maximum atomic E-state index is 13.8. The fourth-order valence-corrected chi connectivity index (χ4v) is 2.63. The van der Waals surface area contributed by atoms with Crippen molar-refractivity contribution in [1.29, 1.82) is 0 Å². The van der Waals surface area contributed by atoms with E-state index < -0.39 is 0 Å². The summed E-state index contributed by atoms with van der Waals surface area (Å²) in [6.45, 7) is 3.80. The average Bonchev–Trinajstić information content (AvgIpc) is 2.98. The van der Waals surface area contributed by atoms with Gasteiger partial charge in [-0.1, -0.05) is 39.3 Å². The molecular formula is C18H16BrFN4O. The molecule has 5 nitrogen and oxygen atoms in total. The van der Waals surface area contributed by atoms with E-state index in [1.165, 1.54) is 10.7 Å². The van der Waals surface area contributed by atoms with Crippen LogP contribution < -0.4 is 5.32 Å². The fourth-order valence-electron chi connectivity index (χ4n) is 2.37. The van der Waals surface area contributed by atoms with Gasteiger partial charge in [-0.25, -0.2) is 9.07 Å². The van der Waals surface area contributed by atoms with E-state index >= 15 is 0 Å². The van der Waals surface area contributed by atoms with Crippen LogP contribution in [0.4, 0.5) is 4.39 Å². The highest BCUT2D eigenvalue weighted by atomic mass is 79.9. The molecule has 0 aliphatic heterocycles. The average molecular weight is 403 g/mol. The third-order valence-corrected chi connectivity index (χ3v) is 4.40. The van der Waals surface area contributed by atoms with Crippen LogP contribution in [-0.2, 0) is 6.54 Å². The highest BCUT2D eigenvalue weighted by molar-refractivity contribution is 9.10. The molecule has 0 bridgehead atoms. The first-order valence-corrected chi connectivity index (χ1v) is 8.46. The molecule has 1 amide bonds. The predicted molar refractivity (Wildman–Crippen MR) is 96.1 cm³/mol. The number of amides is 1. The number of aryl methyl sites for hydroxylation is 1. The molecule has 0 fully saturated rings. The monoisotopic (exact) mass is 402 g/mol. The van der Waals surface area contributed by atoms with Crippen molar-refractivity contribution in [2.75, 3.05) is 0 Å². The van der Waals surface area contributed by atoms with Crippen molar-refractivity contribution >= 4 is 21.8 Å². The summed E-state index contributed by atoms with van der Waals surface area (Å²) in [6, 6.07) is 12.4. The molecule has 0 spiro atoms. The molecule has 128 valence electrons. The summed E-state index contributed by atoms with van der Waals surface area (Å²) < 4.78 is 16.2. The number of benzene rings is 2. The van der Waals surface area contributed by atoms with E-state index in [0.29, 0.717) is 23.5 Å². The third-order valence-electron chi connectivity index (χ3n) is 3.88. The number of halogens is 2. The Kier molecular flexibility index (Phi) is 4.94. The standard InChI is InChI=1S/C18H16BrFN4O/c1-11-3-8-15(9-16(11)20)24-12(2)17(22-23-24)18(25)21-10-13-4-6-14(19)7-5-13/h3-9H,10H2,1-2H3,(H,21,25). The zero-order valence-electron chi connectivity index (χ0n) is 13.8. The van der Waals surface area contributed by atoms with Gasteiger partial charge >= 0.3 is 0 Å². The lowest BCUT2D eigenvalue weighted by atomic mass is 10.2. The van der Waals surface area contributed by atoms with Crippen LogP contribution in [0.1, 0.15) is 27.3 Å². The maximum absolute atomic E-state index is 13.8. The third kappa shape index (κ3) is 3.76. The smallest absolute Gasteiger partial charge is 0.274 e. The summed E-state index contributed by atoms with van der Waals surface area (Å²) >= 11 is 3.37. The molecule has 0 saturated carbocycles. The lowest BCUT2D eigenvalue weighted by molar-refractivity contribution is 0.0945. The summed E-state index contributed by atoms with van der Waals surface area (Å²) in [5.74, 6) is -0.645. The van der Waals surface area contributed by atoms with Gasteiger partial charge < -0.3 is 5.32 Å². The molecule has 0 radical (unpaired) electrons. The second-order valence-electron chi connectivity index (χ2n) is 5.68. The van der Waals surface area contributed by atoms with Crippen molar-refractivity contribution in [1.82, 2.24) is 20.3 Å². The van der Waals surface area contributed by atoms with Gasteiger partial charge in [-0.15, -0.1) is 5.10 Å². The van der Waals surface area contributed by atoms with Crippen LogP contribution in [0.25, 0.3) is 5.69 Å². The van der Waals surface area contributed by atoms with Crippen molar-refractivity contribution in [2.45, 2.75) is 20.4 Å². The van der Waals surface area contributed by atoms with Gasteiger partial charge in [-0.05, 0) is 49.2 Å². The second-order valence-corrected chi connectivity index (χ2v) is 6.59. The molecule has 1 aromatic heterocycles. The van der Waals surface area contributed by atoms with Crippen molar-refractivity contribution in [3.05, 3.63) is 75.3 Å². The number of nitrogens with one attached hydrogen (secondary N) is 1. The summed E-state index contributed by atoms with van der Waals surface area (Å²) in [5.41, 5.74) is 2.82. The molecule has 0 unspecified atom stereocenters. The fraction of sp³-hybridized carbons (Fsp3) is 0.167. The molecule has 3 rings (SSSR count). The maximum Gasteiger partial charge on any atom is 0.274 e. The van der Waals surface area contributed by atoms with Crippen LogP contribution in [0.2, 0.25) is 0 Å². The van der Waals surface area contributed by atoms with Gasteiger partial charge in [0.1, 0.15) is 5.82 Å². The molecule has 7 heteroatoms.